The van der Waals surface area contributed by atoms with Gasteiger partial charge in [0.1, 0.15) is 0 Å². The largest absolute Gasteiger partial charge is 0.341 e. The van der Waals surface area contributed by atoms with Gasteiger partial charge in [0.05, 0.1) is 6.04 Å². The molecule has 2 atom stereocenters. The number of nitrogens with zero attached hydrogens (tertiary/aromatic N) is 2. The van der Waals surface area contributed by atoms with E-state index in [1.54, 1.807) is 0 Å². The third-order valence-electron chi connectivity index (χ3n) is 5.40. The van der Waals surface area contributed by atoms with Crippen LogP contribution in [0.15, 0.2) is 0 Å². The maximum absolute atomic E-state index is 12.6. The molecule has 4 nitrogen and oxygen atoms in total. The summed E-state index contributed by atoms with van der Waals surface area (Å²) in [5.41, 5.74) is 0. The quantitative estimate of drug-likeness (QED) is 0.845. The Kier molecular flexibility index (Phi) is 6.33. The van der Waals surface area contributed by atoms with Gasteiger partial charge in [-0.25, -0.2) is 0 Å². The highest BCUT2D eigenvalue weighted by molar-refractivity contribution is 5.85. The SMILES string of the molecule is CC1CCNC(C(=O)N2CCC(N3CCCC3)CC2)C1.Cl. The molecule has 0 radical (unpaired) electrons. The zero-order chi connectivity index (χ0) is 13.9. The number of amides is 1. The van der Waals surface area contributed by atoms with Crippen molar-refractivity contribution in [2.24, 2.45) is 5.92 Å². The molecule has 5 heteroatoms. The lowest BCUT2D eigenvalue weighted by Gasteiger charge is -2.39. The zero-order valence-electron chi connectivity index (χ0n) is 13.2. The number of carbonyl (C=O) groups excluding carboxylic acids is 1. The molecule has 0 aliphatic carbocycles. The Hall–Kier alpha value is -0.320. The minimum atomic E-state index is 0. The van der Waals surface area contributed by atoms with Crippen molar-refractivity contribution in [2.45, 2.75) is 57.5 Å². The number of nitrogens with one attached hydrogen (secondary N) is 1. The third kappa shape index (κ3) is 4.11. The van der Waals surface area contributed by atoms with Gasteiger partial charge in [-0.3, -0.25) is 4.79 Å². The van der Waals surface area contributed by atoms with Crippen LogP contribution in [0.1, 0.15) is 45.4 Å². The molecule has 1 N–H and O–H groups in total. The van der Waals surface area contributed by atoms with Crippen LogP contribution in [0.3, 0.4) is 0 Å². The van der Waals surface area contributed by atoms with Gasteiger partial charge in [-0.1, -0.05) is 6.92 Å². The normalized spacial score (nSPS) is 32.0. The van der Waals surface area contributed by atoms with Crippen LogP contribution in [0.2, 0.25) is 0 Å². The lowest BCUT2D eigenvalue weighted by molar-refractivity contribution is -0.136. The zero-order valence-corrected chi connectivity index (χ0v) is 14.0. The van der Waals surface area contributed by atoms with Crippen LogP contribution >= 0.6 is 12.4 Å². The first-order chi connectivity index (χ1) is 9.74. The van der Waals surface area contributed by atoms with E-state index in [0.717, 1.165) is 32.1 Å². The Morgan fingerprint density at radius 1 is 1.05 bits per heavy atom. The summed E-state index contributed by atoms with van der Waals surface area (Å²) in [6.07, 6.45) is 7.31. The van der Waals surface area contributed by atoms with Gasteiger partial charge in [0, 0.05) is 19.1 Å². The Bertz CT molecular complexity index is 338. The molecule has 0 spiro atoms. The maximum Gasteiger partial charge on any atom is 0.239 e. The summed E-state index contributed by atoms with van der Waals surface area (Å²) in [7, 11) is 0. The van der Waals surface area contributed by atoms with E-state index in [1.165, 1.54) is 45.2 Å². The van der Waals surface area contributed by atoms with Crippen molar-refractivity contribution < 1.29 is 4.79 Å². The number of likely N-dealkylation sites (tertiary alicyclic amines) is 2. The Morgan fingerprint density at radius 2 is 1.71 bits per heavy atom. The van der Waals surface area contributed by atoms with Crippen LogP contribution in [-0.4, -0.2) is 60.5 Å². The second-order valence-corrected chi connectivity index (χ2v) is 6.94. The predicted molar refractivity (Wildman–Crippen MR) is 87.8 cm³/mol. The summed E-state index contributed by atoms with van der Waals surface area (Å²) in [6.45, 7) is 7.75. The number of hydrogen-bond acceptors (Lipinski definition) is 3. The van der Waals surface area contributed by atoms with Gasteiger partial charge in [0.25, 0.3) is 0 Å². The molecule has 0 saturated carbocycles. The molecule has 3 aliphatic rings. The summed E-state index contributed by atoms with van der Waals surface area (Å²) in [5.74, 6) is 1.05. The maximum atomic E-state index is 12.6. The standard InChI is InChI=1S/C16H29N3O.ClH/c1-13-4-7-17-15(12-13)16(20)19-10-5-14(6-11-19)18-8-2-3-9-18;/h13-15,17H,2-12H2,1H3;1H. The summed E-state index contributed by atoms with van der Waals surface area (Å²) >= 11 is 0. The predicted octanol–water partition coefficient (Wildman–Crippen LogP) is 1.88. The Morgan fingerprint density at radius 3 is 2.33 bits per heavy atom. The van der Waals surface area contributed by atoms with E-state index in [9.17, 15) is 4.79 Å². The summed E-state index contributed by atoms with van der Waals surface area (Å²) in [4.78, 5) is 17.3. The summed E-state index contributed by atoms with van der Waals surface area (Å²) in [5, 5.41) is 3.41. The van der Waals surface area contributed by atoms with Gasteiger partial charge in [-0.15, -0.1) is 12.4 Å². The average molecular weight is 316 g/mol. The summed E-state index contributed by atoms with van der Waals surface area (Å²) in [6, 6.07) is 0.821. The van der Waals surface area contributed by atoms with Gasteiger partial charge < -0.3 is 15.1 Å². The molecule has 3 aliphatic heterocycles. The summed E-state index contributed by atoms with van der Waals surface area (Å²) < 4.78 is 0. The van der Waals surface area contributed by atoms with Crippen LogP contribution < -0.4 is 5.32 Å². The number of piperidine rings is 2. The van der Waals surface area contributed by atoms with Gasteiger partial charge in [-0.05, 0) is 64.1 Å². The van der Waals surface area contributed by atoms with E-state index < -0.39 is 0 Å². The monoisotopic (exact) mass is 315 g/mol. The van der Waals surface area contributed by atoms with Crippen LogP contribution in [0.5, 0.6) is 0 Å². The van der Waals surface area contributed by atoms with E-state index in [1.807, 2.05) is 0 Å². The minimum absolute atomic E-state index is 0. The lowest BCUT2D eigenvalue weighted by Crippen LogP contribution is -2.53. The molecule has 3 fully saturated rings. The van der Waals surface area contributed by atoms with E-state index in [4.69, 9.17) is 0 Å². The highest BCUT2D eigenvalue weighted by Gasteiger charge is 2.32. The van der Waals surface area contributed by atoms with Crippen molar-refractivity contribution in [1.82, 2.24) is 15.1 Å². The molecule has 0 bridgehead atoms. The van der Waals surface area contributed by atoms with Gasteiger partial charge in [-0.2, -0.15) is 0 Å². The second kappa shape index (κ2) is 7.80. The molecule has 1 amide bonds. The van der Waals surface area contributed by atoms with Gasteiger partial charge >= 0.3 is 0 Å². The first-order valence-electron chi connectivity index (χ1n) is 8.50. The van der Waals surface area contributed by atoms with Crippen molar-refractivity contribution in [3.8, 4) is 0 Å². The number of carbonyl (C=O) groups is 1. The second-order valence-electron chi connectivity index (χ2n) is 6.94. The minimum Gasteiger partial charge on any atom is -0.341 e. The molecule has 0 aromatic heterocycles. The fourth-order valence-corrected chi connectivity index (χ4v) is 4.07. The molecule has 122 valence electrons. The van der Waals surface area contributed by atoms with E-state index in [-0.39, 0.29) is 18.4 Å². The lowest BCUT2D eigenvalue weighted by atomic mass is 9.93. The fraction of sp³-hybridized carbons (Fsp3) is 0.938. The van der Waals surface area contributed by atoms with Crippen molar-refractivity contribution in [1.29, 1.82) is 0 Å². The van der Waals surface area contributed by atoms with E-state index in [0.29, 0.717) is 11.8 Å². The number of halogens is 1. The van der Waals surface area contributed by atoms with Crippen LogP contribution in [0.4, 0.5) is 0 Å². The first kappa shape index (κ1) is 17.0. The fourth-order valence-electron chi connectivity index (χ4n) is 4.07. The van der Waals surface area contributed by atoms with Crippen molar-refractivity contribution in [3.63, 3.8) is 0 Å². The van der Waals surface area contributed by atoms with Crippen molar-refractivity contribution in [3.05, 3.63) is 0 Å². The molecular formula is C16H30ClN3O. The third-order valence-corrected chi connectivity index (χ3v) is 5.40. The van der Waals surface area contributed by atoms with Crippen molar-refractivity contribution >= 4 is 18.3 Å². The van der Waals surface area contributed by atoms with Gasteiger partial charge in [0.2, 0.25) is 5.91 Å². The van der Waals surface area contributed by atoms with Crippen LogP contribution in [0, 0.1) is 5.92 Å². The highest BCUT2D eigenvalue weighted by Crippen LogP contribution is 2.23. The van der Waals surface area contributed by atoms with E-state index >= 15 is 0 Å². The van der Waals surface area contributed by atoms with Gasteiger partial charge in [0.15, 0.2) is 0 Å². The Balaban J connectivity index is 0.00000161. The first-order valence-corrected chi connectivity index (χ1v) is 8.50. The number of rotatable bonds is 2. The molecule has 3 heterocycles. The average Bonchev–Trinajstić information content (AvgIpc) is 3.01. The van der Waals surface area contributed by atoms with E-state index in [2.05, 4.69) is 22.0 Å². The highest BCUT2D eigenvalue weighted by atomic mass is 35.5. The topological polar surface area (TPSA) is 35.6 Å². The van der Waals surface area contributed by atoms with Crippen LogP contribution in [-0.2, 0) is 4.79 Å². The molecule has 2 unspecified atom stereocenters. The Labute approximate surface area is 135 Å². The smallest absolute Gasteiger partial charge is 0.239 e. The van der Waals surface area contributed by atoms with Crippen molar-refractivity contribution in [2.75, 3.05) is 32.7 Å². The molecule has 3 saturated heterocycles. The number of hydrogen-bond donors (Lipinski definition) is 1. The molecular weight excluding hydrogens is 286 g/mol. The molecule has 0 aromatic rings. The van der Waals surface area contributed by atoms with Crippen LogP contribution in [0.25, 0.3) is 0 Å². The molecule has 0 aromatic carbocycles. The molecule has 3 rings (SSSR count). The molecule has 21 heavy (non-hydrogen) atoms.